The first-order chi connectivity index (χ1) is 13.1. The number of pyridine rings is 1. The molecule has 0 aliphatic carbocycles. The molecule has 0 saturated heterocycles. The van der Waals surface area contributed by atoms with Crippen molar-refractivity contribution in [2.24, 2.45) is 5.73 Å². The summed E-state index contributed by atoms with van der Waals surface area (Å²) in [5, 5.41) is 11.7. The monoisotopic (exact) mass is 417 g/mol. The second-order valence-corrected chi connectivity index (χ2v) is 6.74. The van der Waals surface area contributed by atoms with Crippen LogP contribution < -0.4 is 5.73 Å². The highest BCUT2D eigenvalue weighted by Gasteiger charge is 2.47. The van der Waals surface area contributed by atoms with Crippen LogP contribution in [0.2, 0.25) is 0 Å². The van der Waals surface area contributed by atoms with E-state index in [2.05, 4.69) is 4.98 Å². The van der Waals surface area contributed by atoms with Gasteiger partial charge in [-0.1, -0.05) is 31.2 Å². The van der Waals surface area contributed by atoms with Crippen LogP contribution >= 0.6 is 11.8 Å². The van der Waals surface area contributed by atoms with Gasteiger partial charge in [0.05, 0.1) is 15.4 Å². The summed E-state index contributed by atoms with van der Waals surface area (Å²) in [7, 11) is 0. The van der Waals surface area contributed by atoms with Gasteiger partial charge in [0, 0.05) is 11.8 Å². The molecule has 0 radical (unpaired) electrons. The SMILES string of the molecule is CCCCc1c(F)c(C(N)=O)c(C(F)(F)F)c([N+](=O)[O-])c1Sc1ccccn1. The number of nitrogens with two attached hydrogens (primary N) is 1. The van der Waals surface area contributed by atoms with Crippen molar-refractivity contribution in [2.45, 2.75) is 42.3 Å². The first-order valence-corrected chi connectivity index (χ1v) is 8.89. The van der Waals surface area contributed by atoms with Crippen LogP contribution in [0.25, 0.3) is 0 Å². The summed E-state index contributed by atoms with van der Waals surface area (Å²) in [5.41, 5.74) is -0.296. The summed E-state index contributed by atoms with van der Waals surface area (Å²) in [5.74, 6) is -3.21. The maximum atomic E-state index is 15.0. The lowest BCUT2D eigenvalue weighted by Gasteiger charge is -2.18. The van der Waals surface area contributed by atoms with Crippen LogP contribution in [0.15, 0.2) is 34.3 Å². The van der Waals surface area contributed by atoms with E-state index in [4.69, 9.17) is 5.73 Å². The molecule has 6 nitrogen and oxygen atoms in total. The van der Waals surface area contributed by atoms with Gasteiger partial charge in [-0.25, -0.2) is 9.37 Å². The van der Waals surface area contributed by atoms with Crippen LogP contribution in [0.3, 0.4) is 0 Å². The third kappa shape index (κ3) is 4.41. The van der Waals surface area contributed by atoms with Crippen molar-refractivity contribution in [3.05, 3.63) is 57.0 Å². The number of nitrogens with zero attached hydrogens (tertiary/aromatic N) is 2. The Morgan fingerprint density at radius 3 is 2.50 bits per heavy atom. The molecule has 0 unspecified atom stereocenters. The lowest BCUT2D eigenvalue weighted by atomic mass is 9.96. The van der Waals surface area contributed by atoms with Crippen molar-refractivity contribution in [1.29, 1.82) is 0 Å². The fraction of sp³-hybridized carbons (Fsp3) is 0.294. The summed E-state index contributed by atoms with van der Waals surface area (Å²) in [6, 6.07) is 4.51. The van der Waals surface area contributed by atoms with E-state index < -0.39 is 44.5 Å². The van der Waals surface area contributed by atoms with Gasteiger partial charge in [0.25, 0.3) is 11.6 Å². The fourth-order valence-corrected chi connectivity index (χ4v) is 3.67. The molecule has 1 aromatic heterocycles. The summed E-state index contributed by atoms with van der Waals surface area (Å²) in [6.45, 7) is 1.76. The van der Waals surface area contributed by atoms with Crippen molar-refractivity contribution in [3.63, 3.8) is 0 Å². The number of nitro groups is 1. The molecule has 11 heteroatoms. The zero-order valence-corrected chi connectivity index (χ0v) is 15.4. The smallest absolute Gasteiger partial charge is 0.365 e. The highest BCUT2D eigenvalue weighted by Crippen LogP contribution is 2.48. The molecule has 1 aromatic carbocycles. The average molecular weight is 417 g/mol. The van der Waals surface area contributed by atoms with E-state index in [9.17, 15) is 32.5 Å². The average Bonchev–Trinajstić information content (AvgIpc) is 2.60. The Balaban J connectivity index is 2.94. The number of unbranched alkanes of at least 4 members (excludes halogenated alkanes) is 1. The zero-order valence-electron chi connectivity index (χ0n) is 14.5. The Bertz CT molecular complexity index is 905. The maximum absolute atomic E-state index is 15.0. The van der Waals surface area contributed by atoms with Gasteiger partial charge in [-0.05, 0) is 25.0 Å². The van der Waals surface area contributed by atoms with Crippen LogP contribution in [0.1, 0.15) is 41.3 Å². The van der Waals surface area contributed by atoms with Gasteiger partial charge < -0.3 is 5.73 Å². The molecule has 0 spiro atoms. The van der Waals surface area contributed by atoms with Crippen molar-refractivity contribution in [3.8, 4) is 0 Å². The van der Waals surface area contributed by atoms with E-state index >= 15 is 0 Å². The number of aromatic nitrogens is 1. The number of benzene rings is 1. The van der Waals surface area contributed by atoms with Gasteiger partial charge in [-0.2, -0.15) is 13.2 Å². The number of rotatable bonds is 7. The van der Waals surface area contributed by atoms with Gasteiger partial charge in [0.15, 0.2) is 0 Å². The van der Waals surface area contributed by atoms with Crippen LogP contribution in [0, 0.1) is 15.9 Å². The fourth-order valence-electron chi connectivity index (χ4n) is 2.62. The first kappa shape index (κ1) is 21.6. The Kier molecular flexibility index (Phi) is 6.60. The Morgan fingerprint density at radius 1 is 1.36 bits per heavy atom. The van der Waals surface area contributed by atoms with E-state index in [-0.39, 0.29) is 17.0 Å². The van der Waals surface area contributed by atoms with Crippen molar-refractivity contribution in [2.75, 3.05) is 0 Å². The van der Waals surface area contributed by atoms with Crippen LogP contribution in [0.4, 0.5) is 23.2 Å². The van der Waals surface area contributed by atoms with Gasteiger partial charge in [0.2, 0.25) is 0 Å². The third-order valence-corrected chi connectivity index (χ3v) is 4.89. The van der Waals surface area contributed by atoms with E-state index in [1.54, 1.807) is 13.0 Å². The number of amides is 1. The highest BCUT2D eigenvalue weighted by atomic mass is 32.2. The summed E-state index contributed by atoms with van der Waals surface area (Å²) < 4.78 is 55.8. The summed E-state index contributed by atoms with van der Waals surface area (Å²) >= 11 is 0.540. The molecular formula is C17H15F4N3O3S. The minimum absolute atomic E-state index is 0.100. The Labute approximate surface area is 161 Å². The maximum Gasteiger partial charge on any atom is 0.423 e. The molecule has 0 aliphatic rings. The van der Waals surface area contributed by atoms with E-state index in [0.717, 1.165) is 0 Å². The molecular weight excluding hydrogens is 402 g/mol. The number of hydrogen-bond acceptors (Lipinski definition) is 5. The molecule has 0 fully saturated rings. The molecule has 0 bridgehead atoms. The second kappa shape index (κ2) is 8.55. The van der Waals surface area contributed by atoms with E-state index in [1.165, 1.54) is 18.3 Å². The van der Waals surface area contributed by atoms with Crippen LogP contribution in [-0.2, 0) is 12.6 Å². The predicted octanol–water partition coefficient (Wildman–Crippen LogP) is 4.74. The molecule has 0 saturated carbocycles. The van der Waals surface area contributed by atoms with Crippen molar-refractivity contribution < 1.29 is 27.3 Å². The van der Waals surface area contributed by atoms with Gasteiger partial charge in [-0.15, -0.1) is 0 Å². The number of primary amides is 1. The number of carbonyl (C=O) groups is 1. The Morgan fingerprint density at radius 2 is 2.04 bits per heavy atom. The Hall–Kier alpha value is -2.69. The highest BCUT2D eigenvalue weighted by molar-refractivity contribution is 7.99. The molecule has 150 valence electrons. The van der Waals surface area contributed by atoms with Gasteiger partial charge >= 0.3 is 6.18 Å². The molecule has 28 heavy (non-hydrogen) atoms. The number of hydrogen-bond donors (Lipinski definition) is 1. The second-order valence-electron chi connectivity index (χ2n) is 5.71. The quantitative estimate of drug-likeness (QED) is 0.399. The van der Waals surface area contributed by atoms with E-state index in [0.29, 0.717) is 24.6 Å². The minimum Gasteiger partial charge on any atom is -0.365 e. The summed E-state index contributed by atoms with van der Waals surface area (Å²) in [4.78, 5) is 25.3. The summed E-state index contributed by atoms with van der Waals surface area (Å²) in [6.07, 6.45) is -3.23. The van der Waals surface area contributed by atoms with Gasteiger partial charge in [-0.3, -0.25) is 14.9 Å². The molecule has 2 rings (SSSR count). The van der Waals surface area contributed by atoms with Crippen LogP contribution in [0.5, 0.6) is 0 Å². The molecule has 1 amide bonds. The van der Waals surface area contributed by atoms with Crippen molar-refractivity contribution in [1.82, 2.24) is 4.98 Å². The third-order valence-electron chi connectivity index (χ3n) is 3.80. The molecule has 0 aliphatic heterocycles. The molecule has 0 atom stereocenters. The number of carbonyl (C=O) groups excluding carboxylic acids is 1. The predicted molar refractivity (Wildman–Crippen MR) is 93.5 cm³/mol. The standard InChI is InChI=1S/C17H15F4N3O3S/c1-2-3-6-9-13(18)11(16(22)25)12(17(19,20)21)14(24(26)27)15(9)28-10-7-4-5-8-23-10/h4-5,7-8H,2-3,6H2,1H3,(H2,22,25). The number of alkyl halides is 3. The largest absolute Gasteiger partial charge is 0.423 e. The topological polar surface area (TPSA) is 99.1 Å². The number of halogens is 4. The first-order valence-electron chi connectivity index (χ1n) is 8.08. The van der Waals surface area contributed by atoms with Gasteiger partial charge in [0.1, 0.15) is 16.4 Å². The van der Waals surface area contributed by atoms with E-state index in [1.807, 2.05) is 0 Å². The molecule has 1 heterocycles. The normalized spacial score (nSPS) is 11.5. The lowest BCUT2D eigenvalue weighted by molar-refractivity contribution is -0.391. The lowest BCUT2D eigenvalue weighted by Crippen LogP contribution is -2.24. The number of nitro benzene ring substituents is 1. The van der Waals surface area contributed by atoms with Crippen molar-refractivity contribution >= 4 is 23.4 Å². The van der Waals surface area contributed by atoms with Crippen LogP contribution in [-0.4, -0.2) is 15.8 Å². The minimum atomic E-state index is -5.36. The zero-order chi connectivity index (χ0) is 21.1. The molecule has 2 aromatic rings. The molecule has 2 N–H and O–H groups in total.